The zero-order valence-corrected chi connectivity index (χ0v) is 14.5. The Morgan fingerprint density at radius 1 is 1.28 bits per heavy atom. The molecule has 0 saturated heterocycles. The number of carboxylic acids is 1. The maximum Gasteiger partial charge on any atom is 0.356 e. The van der Waals surface area contributed by atoms with Crippen molar-refractivity contribution in [3.8, 4) is 5.69 Å². The summed E-state index contributed by atoms with van der Waals surface area (Å²) in [5.74, 6) is -1.33. The molecule has 2 N–H and O–H groups in total. The van der Waals surface area contributed by atoms with Gasteiger partial charge in [-0.1, -0.05) is 12.1 Å². The van der Waals surface area contributed by atoms with Gasteiger partial charge in [0.15, 0.2) is 5.69 Å². The van der Waals surface area contributed by atoms with E-state index in [-0.39, 0.29) is 30.2 Å². The molecule has 0 saturated carbocycles. The van der Waals surface area contributed by atoms with E-state index in [1.165, 1.54) is 10.7 Å². The predicted molar refractivity (Wildman–Crippen MR) is 91.3 cm³/mol. The molecular weight excluding hydrogens is 346 g/mol. The molecule has 134 valence electrons. The molecule has 1 aromatic carbocycles. The first kappa shape index (κ1) is 18.7. The number of amides is 1. The lowest BCUT2D eigenvalue weighted by atomic mass is 10.2. The molecular formula is C16H19N3O5S. The van der Waals surface area contributed by atoms with E-state index in [4.69, 9.17) is 5.11 Å². The molecule has 0 bridgehead atoms. The third-order valence-electron chi connectivity index (χ3n) is 3.39. The van der Waals surface area contributed by atoms with Crippen molar-refractivity contribution in [3.63, 3.8) is 0 Å². The van der Waals surface area contributed by atoms with Gasteiger partial charge < -0.3 is 10.4 Å². The number of rotatable bonds is 8. The van der Waals surface area contributed by atoms with E-state index in [2.05, 4.69) is 10.4 Å². The number of hydrogen-bond donors (Lipinski definition) is 2. The van der Waals surface area contributed by atoms with Crippen molar-refractivity contribution in [2.45, 2.75) is 19.4 Å². The molecule has 2 aromatic rings. The normalized spacial score (nSPS) is 11.2. The maximum absolute atomic E-state index is 11.7. The Labute approximate surface area is 145 Å². The lowest BCUT2D eigenvalue weighted by Gasteiger charge is -2.07. The van der Waals surface area contributed by atoms with Crippen LogP contribution in [-0.4, -0.2) is 47.2 Å². The van der Waals surface area contributed by atoms with Crippen LogP contribution in [-0.2, 0) is 21.2 Å². The van der Waals surface area contributed by atoms with Gasteiger partial charge in [-0.15, -0.1) is 0 Å². The fourth-order valence-electron chi connectivity index (χ4n) is 2.17. The van der Waals surface area contributed by atoms with Crippen molar-refractivity contribution in [1.82, 2.24) is 15.1 Å². The molecule has 1 amide bonds. The molecule has 0 aliphatic carbocycles. The minimum absolute atomic E-state index is 0.0128. The van der Waals surface area contributed by atoms with Crippen molar-refractivity contribution in [2.75, 3.05) is 12.0 Å². The molecule has 1 heterocycles. The average Bonchev–Trinajstić information content (AvgIpc) is 3.02. The van der Waals surface area contributed by atoms with E-state index in [0.717, 1.165) is 11.8 Å². The van der Waals surface area contributed by atoms with Gasteiger partial charge in [-0.25, -0.2) is 17.9 Å². The molecule has 8 nitrogen and oxygen atoms in total. The zero-order valence-electron chi connectivity index (χ0n) is 13.7. The summed E-state index contributed by atoms with van der Waals surface area (Å²) in [4.78, 5) is 22.6. The zero-order chi connectivity index (χ0) is 18.4. The van der Waals surface area contributed by atoms with Crippen LogP contribution >= 0.6 is 0 Å². The van der Waals surface area contributed by atoms with Crippen LogP contribution in [0.25, 0.3) is 5.69 Å². The van der Waals surface area contributed by atoms with Crippen molar-refractivity contribution in [2.24, 2.45) is 0 Å². The second-order valence-electron chi connectivity index (χ2n) is 5.63. The van der Waals surface area contributed by atoms with Crippen molar-refractivity contribution in [1.29, 1.82) is 0 Å². The topological polar surface area (TPSA) is 118 Å². The largest absolute Gasteiger partial charge is 0.476 e. The lowest BCUT2D eigenvalue weighted by molar-refractivity contribution is -0.121. The van der Waals surface area contributed by atoms with Gasteiger partial charge in [0.05, 0.1) is 11.4 Å². The Kier molecular flexibility index (Phi) is 5.92. The molecule has 9 heteroatoms. The maximum atomic E-state index is 11.7. The third-order valence-corrected chi connectivity index (χ3v) is 4.42. The first-order chi connectivity index (χ1) is 11.7. The van der Waals surface area contributed by atoms with E-state index in [1.54, 1.807) is 24.4 Å². The summed E-state index contributed by atoms with van der Waals surface area (Å²) >= 11 is 0. The summed E-state index contributed by atoms with van der Waals surface area (Å²) in [6.07, 6.45) is 3.12. The molecule has 0 atom stereocenters. The van der Waals surface area contributed by atoms with Gasteiger partial charge in [-0.2, -0.15) is 5.10 Å². The van der Waals surface area contributed by atoms with Gasteiger partial charge in [-0.05, 0) is 30.2 Å². The fraction of sp³-hybridized carbons (Fsp3) is 0.312. The summed E-state index contributed by atoms with van der Waals surface area (Å²) in [6.45, 7) is 0.290. The Bertz CT molecular complexity index is 873. The van der Waals surface area contributed by atoms with Gasteiger partial charge in [0.2, 0.25) is 5.91 Å². The van der Waals surface area contributed by atoms with Crippen molar-refractivity contribution < 1.29 is 23.1 Å². The van der Waals surface area contributed by atoms with Crippen LogP contribution in [0.2, 0.25) is 0 Å². The van der Waals surface area contributed by atoms with E-state index in [1.807, 2.05) is 6.07 Å². The summed E-state index contributed by atoms with van der Waals surface area (Å²) in [5, 5.41) is 15.6. The Morgan fingerprint density at radius 2 is 2.04 bits per heavy atom. The lowest BCUT2D eigenvalue weighted by Crippen LogP contribution is -2.23. The molecule has 0 spiro atoms. The number of nitrogens with zero attached hydrogens (tertiary/aromatic N) is 2. The van der Waals surface area contributed by atoms with E-state index in [0.29, 0.717) is 12.2 Å². The summed E-state index contributed by atoms with van der Waals surface area (Å²) in [5.41, 5.74) is 1.45. The highest BCUT2D eigenvalue weighted by Gasteiger charge is 2.09. The standard InChI is InChI=1S/C16H19N3O5S/c1-25(23,24)9-3-6-15(20)17-11-12-4-2-5-13(10-12)19-8-7-14(18-19)16(21)22/h2,4-5,7-8,10H,3,6,9,11H2,1H3,(H,17,20)(H,21,22). The monoisotopic (exact) mass is 365 g/mol. The Balaban J connectivity index is 1.92. The molecule has 2 rings (SSSR count). The van der Waals surface area contributed by atoms with Crippen molar-refractivity contribution >= 4 is 21.7 Å². The number of carbonyl (C=O) groups is 2. The minimum atomic E-state index is -3.06. The highest BCUT2D eigenvalue weighted by atomic mass is 32.2. The summed E-state index contributed by atoms with van der Waals surface area (Å²) in [6, 6.07) is 8.56. The fourth-order valence-corrected chi connectivity index (χ4v) is 2.84. The van der Waals surface area contributed by atoms with Crippen LogP contribution < -0.4 is 5.32 Å². The Morgan fingerprint density at radius 3 is 2.68 bits per heavy atom. The van der Waals surface area contributed by atoms with E-state index < -0.39 is 15.8 Å². The minimum Gasteiger partial charge on any atom is -0.476 e. The number of aromatic carboxylic acids is 1. The van der Waals surface area contributed by atoms with Crippen LogP contribution in [0.3, 0.4) is 0 Å². The van der Waals surface area contributed by atoms with Gasteiger partial charge >= 0.3 is 5.97 Å². The first-order valence-corrected chi connectivity index (χ1v) is 9.63. The quantitative estimate of drug-likeness (QED) is 0.721. The van der Waals surface area contributed by atoms with Gasteiger partial charge in [0.25, 0.3) is 0 Å². The average molecular weight is 365 g/mol. The van der Waals surface area contributed by atoms with Crippen LogP contribution in [0.5, 0.6) is 0 Å². The summed E-state index contributed by atoms with van der Waals surface area (Å²) in [7, 11) is -3.06. The number of carboxylic acid groups (broad SMARTS) is 1. The number of nitrogens with one attached hydrogen (secondary N) is 1. The van der Waals surface area contributed by atoms with Crippen LogP contribution in [0.4, 0.5) is 0 Å². The highest BCUT2D eigenvalue weighted by molar-refractivity contribution is 7.90. The van der Waals surface area contributed by atoms with Crippen LogP contribution in [0.1, 0.15) is 28.9 Å². The second-order valence-corrected chi connectivity index (χ2v) is 7.89. The Hall–Kier alpha value is -2.68. The van der Waals surface area contributed by atoms with Gasteiger partial charge in [-0.3, -0.25) is 4.79 Å². The van der Waals surface area contributed by atoms with Crippen LogP contribution in [0, 0.1) is 0 Å². The molecule has 0 fully saturated rings. The van der Waals surface area contributed by atoms with Crippen molar-refractivity contribution in [3.05, 3.63) is 47.8 Å². The molecule has 0 aliphatic rings. The highest BCUT2D eigenvalue weighted by Crippen LogP contribution is 2.11. The summed E-state index contributed by atoms with van der Waals surface area (Å²) < 4.78 is 23.5. The number of hydrogen-bond acceptors (Lipinski definition) is 5. The van der Waals surface area contributed by atoms with Gasteiger partial charge in [0, 0.05) is 25.4 Å². The number of benzene rings is 1. The molecule has 0 unspecified atom stereocenters. The SMILES string of the molecule is CS(=O)(=O)CCCC(=O)NCc1cccc(-n2ccc(C(=O)O)n2)c1. The molecule has 25 heavy (non-hydrogen) atoms. The van der Waals surface area contributed by atoms with Crippen LogP contribution in [0.15, 0.2) is 36.5 Å². The molecule has 1 aromatic heterocycles. The first-order valence-electron chi connectivity index (χ1n) is 7.57. The van der Waals surface area contributed by atoms with E-state index in [9.17, 15) is 18.0 Å². The predicted octanol–water partition coefficient (Wildman–Crippen LogP) is 1.01. The molecule has 0 aliphatic heterocycles. The second kappa shape index (κ2) is 7.93. The van der Waals surface area contributed by atoms with E-state index >= 15 is 0 Å². The van der Waals surface area contributed by atoms with Gasteiger partial charge in [0.1, 0.15) is 9.84 Å². The number of sulfone groups is 1. The number of carbonyl (C=O) groups excluding carboxylic acids is 1. The molecule has 0 radical (unpaired) electrons. The number of aromatic nitrogens is 2. The third kappa shape index (κ3) is 6.03. The smallest absolute Gasteiger partial charge is 0.356 e.